The highest BCUT2D eigenvalue weighted by Gasteiger charge is 2.18. The van der Waals surface area contributed by atoms with Crippen LogP contribution in [-0.4, -0.2) is 21.5 Å². The summed E-state index contributed by atoms with van der Waals surface area (Å²) in [6, 6.07) is 3.50. The molecule has 0 saturated carbocycles. The molecule has 0 saturated heterocycles. The molecule has 0 fully saturated rings. The highest BCUT2D eigenvalue weighted by atomic mass is 35.5. The summed E-state index contributed by atoms with van der Waals surface area (Å²) >= 11 is 6.05. The molecule has 8 heteroatoms. The minimum absolute atomic E-state index is 0.0492. The van der Waals surface area contributed by atoms with Gasteiger partial charge in [0.15, 0.2) is 11.5 Å². The molecule has 2 heterocycles. The van der Waals surface area contributed by atoms with Gasteiger partial charge in [0.2, 0.25) is 6.79 Å². The van der Waals surface area contributed by atoms with Crippen molar-refractivity contribution in [3.63, 3.8) is 0 Å². The molecular formula is C11H8ClN3O4. The molecule has 0 atom stereocenters. The minimum Gasteiger partial charge on any atom is -0.454 e. The molecule has 0 amide bonds. The lowest BCUT2D eigenvalue weighted by Crippen LogP contribution is -2.00. The van der Waals surface area contributed by atoms with E-state index in [1.807, 2.05) is 0 Å². The second-order valence-corrected chi connectivity index (χ2v) is 4.37. The Hall–Kier alpha value is -2.28. The molecule has 3 rings (SSSR count). The van der Waals surface area contributed by atoms with Crippen molar-refractivity contribution in [1.29, 1.82) is 0 Å². The Morgan fingerprint density at radius 2 is 2.32 bits per heavy atom. The molecule has 0 bridgehead atoms. The maximum Gasteiger partial charge on any atom is 0.307 e. The monoisotopic (exact) mass is 281 g/mol. The Bertz CT molecular complexity index is 655. The predicted molar refractivity (Wildman–Crippen MR) is 65.6 cm³/mol. The Balaban J connectivity index is 1.87. The van der Waals surface area contributed by atoms with Gasteiger partial charge in [0.25, 0.3) is 0 Å². The van der Waals surface area contributed by atoms with E-state index in [4.69, 9.17) is 21.1 Å². The molecule has 1 aliphatic rings. The average molecular weight is 282 g/mol. The van der Waals surface area contributed by atoms with Gasteiger partial charge in [-0.1, -0.05) is 11.6 Å². The van der Waals surface area contributed by atoms with E-state index in [0.29, 0.717) is 23.1 Å². The van der Waals surface area contributed by atoms with E-state index in [0.717, 1.165) is 5.56 Å². The number of ether oxygens (including phenoxy) is 2. The van der Waals surface area contributed by atoms with E-state index in [-0.39, 0.29) is 12.5 Å². The smallest absolute Gasteiger partial charge is 0.307 e. The van der Waals surface area contributed by atoms with Crippen molar-refractivity contribution in [2.24, 2.45) is 0 Å². The second-order valence-electron chi connectivity index (χ2n) is 3.96. The van der Waals surface area contributed by atoms with Crippen LogP contribution in [0.2, 0.25) is 5.02 Å². The van der Waals surface area contributed by atoms with Gasteiger partial charge < -0.3 is 9.47 Å². The third kappa shape index (κ3) is 2.19. The largest absolute Gasteiger partial charge is 0.454 e. The highest BCUT2D eigenvalue weighted by Crippen LogP contribution is 2.39. The molecule has 7 nitrogen and oxygen atoms in total. The third-order valence-electron chi connectivity index (χ3n) is 2.66. The normalized spacial score (nSPS) is 12.7. The molecule has 2 aromatic rings. The molecule has 1 aromatic carbocycles. The molecule has 1 aliphatic heterocycles. The lowest BCUT2D eigenvalue weighted by Gasteiger charge is -2.05. The molecule has 0 unspecified atom stereocenters. The van der Waals surface area contributed by atoms with Crippen LogP contribution in [0.15, 0.2) is 24.5 Å². The maximum atomic E-state index is 10.6. The summed E-state index contributed by atoms with van der Waals surface area (Å²) in [7, 11) is 0. The zero-order chi connectivity index (χ0) is 13.4. The van der Waals surface area contributed by atoms with E-state index in [1.165, 1.54) is 17.1 Å². The summed E-state index contributed by atoms with van der Waals surface area (Å²) < 4.78 is 11.9. The van der Waals surface area contributed by atoms with Crippen molar-refractivity contribution >= 4 is 17.3 Å². The summed E-state index contributed by atoms with van der Waals surface area (Å²) in [4.78, 5) is 10.1. The number of hydrogen-bond acceptors (Lipinski definition) is 5. The van der Waals surface area contributed by atoms with Crippen LogP contribution >= 0.6 is 11.6 Å². The first-order chi connectivity index (χ1) is 9.13. The summed E-state index contributed by atoms with van der Waals surface area (Å²) in [5, 5.41) is 14.9. The van der Waals surface area contributed by atoms with Gasteiger partial charge >= 0.3 is 5.69 Å². The van der Waals surface area contributed by atoms with Crippen LogP contribution < -0.4 is 9.47 Å². The number of nitro groups is 1. The van der Waals surface area contributed by atoms with E-state index in [9.17, 15) is 10.1 Å². The lowest BCUT2D eigenvalue weighted by atomic mass is 10.2. The van der Waals surface area contributed by atoms with E-state index in [1.54, 1.807) is 12.1 Å². The first-order valence-corrected chi connectivity index (χ1v) is 5.76. The van der Waals surface area contributed by atoms with E-state index < -0.39 is 4.92 Å². The van der Waals surface area contributed by atoms with Crippen LogP contribution in [0.5, 0.6) is 11.5 Å². The average Bonchev–Trinajstić information content (AvgIpc) is 2.97. The molecule has 1 aromatic heterocycles. The molecule has 0 spiro atoms. The number of benzene rings is 1. The van der Waals surface area contributed by atoms with Crippen molar-refractivity contribution in [1.82, 2.24) is 9.78 Å². The first kappa shape index (κ1) is 11.8. The van der Waals surface area contributed by atoms with Gasteiger partial charge in [-0.15, -0.1) is 0 Å². The van der Waals surface area contributed by atoms with Crippen molar-refractivity contribution < 1.29 is 14.4 Å². The quantitative estimate of drug-likeness (QED) is 0.636. The van der Waals surface area contributed by atoms with E-state index in [2.05, 4.69) is 5.10 Å². The van der Waals surface area contributed by atoms with Crippen molar-refractivity contribution in [2.45, 2.75) is 6.54 Å². The van der Waals surface area contributed by atoms with Gasteiger partial charge in [-0.2, -0.15) is 5.10 Å². The van der Waals surface area contributed by atoms with Gasteiger partial charge in [-0.25, -0.2) is 0 Å². The summed E-state index contributed by atoms with van der Waals surface area (Å²) in [5.41, 5.74) is 0.777. The molecule has 19 heavy (non-hydrogen) atoms. The maximum absolute atomic E-state index is 10.6. The predicted octanol–water partition coefficient (Wildman–Crippen LogP) is 2.22. The number of rotatable bonds is 3. The third-order valence-corrected chi connectivity index (χ3v) is 2.94. The lowest BCUT2D eigenvalue weighted by molar-refractivity contribution is -0.385. The summed E-state index contributed by atoms with van der Waals surface area (Å²) in [5.74, 6) is 1.10. The van der Waals surface area contributed by atoms with Crippen LogP contribution in [0.25, 0.3) is 0 Å². The van der Waals surface area contributed by atoms with Gasteiger partial charge in [-0.05, 0) is 17.7 Å². The van der Waals surface area contributed by atoms with Gasteiger partial charge in [0.05, 0.1) is 16.5 Å². The first-order valence-electron chi connectivity index (χ1n) is 5.38. The summed E-state index contributed by atoms with van der Waals surface area (Å²) in [6.07, 6.45) is 2.56. The number of nitrogens with zero attached hydrogens (tertiary/aromatic N) is 3. The Morgan fingerprint density at radius 3 is 3.05 bits per heavy atom. The Kier molecular flexibility index (Phi) is 2.75. The highest BCUT2D eigenvalue weighted by molar-refractivity contribution is 6.32. The Labute approximate surface area is 112 Å². The summed E-state index contributed by atoms with van der Waals surface area (Å²) in [6.45, 7) is 0.510. The fourth-order valence-electron chi connectivity index (χ4n) is 1.83. The van der Waals surface area contributed by atoms with Crippen LogP contribution in [0.1, 0.15) is 5.56 Å². The van der Waals surface area contributed by atoms with Crippen LogP contribution in [0.3, 0.4) is 0 Å². The fourth-order valence-corrected chi connectivity index (χ4v) is 2.12. The second kappa shape index (κ2) is 4.43. The number of fused-ring (bicyclic) bond motifs is 1. The minimum atomic E-state index is -0.490. The molecule has 0 N–H and O–H groups in total. The molecular weight excluding hydrogens is 274 g/mol. The molecule has 0 aliphatic carbocycles. The van der Waals surface area contributed by atoms with Crippen LogP contribution in [0, 0.1) is 10.1 Å². The fraction of sp³-hybridized carbons (Fsp3) is 0.182. The van der Waals surface area contributed by atoms with Gasteiger partial charge in [0, 0.05) is 0 Å². The zero-order valence-electron chi connectivity index (χ0n) is 9.58. The standard InChI is InChI=1S/C11H8ClN3O4/c12-9-1-7(2-10-11(9)19-6-18-10)4-14-5-8(3-13-14)15(16)17/h1-3,5H,4,6H2. The van der Waals surface area contributed by atoms with Gasteiger partial charge in [0.1, 0.15) is 12.4 Å². The zero-order valence-corrected chi connectivity index (χ0v) is 10.3. The van der Waals surface area contributed by atoms with Crippen LogP contribution in [-0.2, 0) is 6.54 Å². The SMILES string of the molecule is O=[N+]([O-])c1cnn(Cc2cc(Cl)c3c(c2)OCO3)c1. The number of aromatic nitrogens is 2. The van der Waals surface area contributed by atoms with Crippen molar-refractivity contribution in [2.75, 3.05) is 6.79 Å². The van der Waals surface area contributed by atoms with Crippen molar-refractivity contribution in [3.8, 4) is 11.5 Å². The van der Waals surface area contributed by atoms with Crippen LogP contribution in [0.4, 0.5) is 5.69 Å². The number of halogens is 1. The Morgan fingerprint density at radius 1 is 1.47 bits per heavy atom. The van der Waals surface area contributed by atoms with Crippen molar-refractivity contribution in [3.05, 3.63) is 45.2 Å². The topological polar surface area (TPSA) is 79.4 Å². The molecule has 98 valence electrons. The number of hydrogen-bond donors (Lipinski definition) is 0. The van der Waals surface area contributed by atoms with E-state index >= 15 is 0 Å². The molecule has 0 radical (unpaired) electrons. The van der Waals surface area contributed by atoms with Gasteiger partial charge in [-0.3, -0.25) is 14.8 Å².